The highest BCUT2D eigenvalue weighted by molar-refractivity contribution is 6.34. The van der Waals surface area contributed by atoms with Crippen LogP contribution in [-0.2, 0) is 5.41 Å². The molecule has 4 nitrogen and oxygen atoms in total. The first-order valence-electron chi connectivity index (χ1n) is 15.5. The summed E-state index contributed by atoms with van der Waals surface area (Å²) in [6.45, 7) is 4.66. The highest BCUT2D eigenvalue weighted by Gasteiger charge is 2.35. The molecule has 4 heteroatoms. The van der Waals surface area contributed by atoms with Gasteiger partial charge in [-0.15, -0.1) is 0 Å². The first kappa shape index (κ1) is 23.7. The van der Waals surface area contributed by atoms with Crippen molar-refractivity contribution in [2.24, 2.45) is 0 Å². The van der Waals surface area contributed by atoms with Crippen LogP contribution in [0.1, 0.15) is 25.0 Å². The number of para-hydroxylation sites is 3. The first-order valence-corrected chi connectivity index (χ1v) is 15.5. The van der Waals surface area contributed by atoms with E-state index in [4.69, 9.17) is 14.4 Å². The van der Waals surface area contributed by atoms with Crippen molar-refractivity contribution in [3.8, 4) is 22.3 Å². The number of nitrogens with zero attached hydrogens (tertiary/aromatic N) is 3. The molecule has 4 heterocycles. The van der Waals surface area contributed by atoms with Crippen molar-refractivity contribution in [3.05, 3.63) is 126 Å². The topological polar surface area (TPSA) is 43.3 Å². The van der Waals surface area contributed by atoms with E-state index in [1.807, 2.05) is 30.3 Å². The van der Waals surface area contributed by atoms with Crippen LogP contribution in [0.5, 0.6) is 0 Å². The summed E-state index contributed by atoms with van der Waals surface area (Å²) in [5, 5.41) is 5.73. The molecule has 0 atom stereocenters. The molecule has 0 aliphatic heterocycles. The monoisotopic (exact) mass is 575 g/mol. The molecular formula is C41H25N3O. The average Bonchev–Trinajstić information content (AvgIpc) is 3.77. The molecule has 0 radical (unpaired) electrons. The van der Waals surface area contributed by atoms with Gasteiger partial charge in [-0.2, -0.15) is 0 Å². The number of hydrogen-bond acceptors (Lipinski definition) is 3. The van der Waals surface area contributed by atoms with Gasteiger partial charge in [0.2, 0.25) is 0 Å². The van der Waals surface area contributed by atoms with Crippen molar-refractivity contribution in [2.75, 3.05) is 0 Å². The molecule has 4 aromatic heterocycles. The Morgan fingerprint density at radius 2 is 1.31 bits per heavy atom. The number of benzene rings is 6. The van der Waals surface area contributed by atoms with Crippen LogP contribution in [0.3, 0.4) is 0 Å². The van der Waals surface area contributed by atoms with Crippen molar-refractivity contribution < 1.29 is 4.42 Å². The van der Waals surface area contributed by atoms with Gasteiger partial charge in [-0.3, -0.25) is 4.40 Å². The van der Waals surface area contributed by atoms with E-state index in [1.54, 1.807) is 0 Å². The molecule has 0 amide bonds. The standard InChI is InChI=1S/C41H25N3O/c1-41(2)29-11-5-3-9-24(29)26-19-22(15-17-30(26)41)23-16-18-33-27(20-23)37-36-25-10-4-8-14-34(25)45-35(36)21-28-38-40(44(33)39(28)37)43-32-13-7-6-12-31(32)42-38/h3-21H,1-2H3. The predicted octanol–water partition coefficient (Wildman–Crippen LogP) is 10.7. The van der Waals surface area contributed by atoms with Gasteiger partial charge in [0, 0.05) is 32.3 Å². The molecule has 10 aromatic rings. The number of fused-ring (bicyclic) bond motifs is 14. The zero-order valence-electron chi connectivity index (χ0n) is 24.7. The third-order valence-electron chi connectivity index (χ3n) is 10.3. The lowest BCUT2D eigenvalue weighted by Crippen LogP contribution is -2.14. The second-order valence-electron chi connectivity index (χ2n) is 13.0. The summed E-state index contributed by atoms with van der Waals surface area (Å²) >= 11 is 0. The van der Waals surface area contributed by atoms with E-state index < -0.39 is 0 Å². The highest BCUT2D eigenvalue weighted by atomic mass is 16.3. The van der Waals surface area contributed by atoms with E-state index in [0.29, 0.717) is 0 Å². The maximum atomic E-state index is 6.51. The second kappa shape index (κ2) is 7.85. The molecule has 0 fully saturated rings. The summed E-state index contributed by atoms with van der Waals surface area (Å²) in [5.74, 6) is 0. The zero-order chi connectivity index (χ0) is 29.6. The van der Waals surface area contributed by atoms with Crippen LogP contribution in [0.25, 0.3) is 93.6 Å². The van der Waals surface area contributed by atoms with Crippen LogP contribution in [-0.4, -0.2) is 14.4 Å². The van der Waals surface area contributed by atoms with E-state index >= 15 is 0 Å². The molecule has 6 aromatic carbocycles. The van der Waals surface area contributed by atoms with Crippen molar-refractivity contribution in [1.29, 1.82) is 0 Å². The minimum atomic E-state index is -0.0121. The minimum absolute atomic E-state index is 0.0121. The summed E-state index contributed by atoms with van der Waals surface area (Å²) in [4.78, 5) is 10.3. The van der Waals surface area contributed by atoms with Gasteiger partial charge in [0.15, 0.2) is 5.65 Å². The number of rotatable bonds is 1. The van der Waals surface area contributed by atoms with Gasteiger partial charge in [0.1, 0.15) is 16.7 Å². The summed E-state index contributed by atoms with van der Waals surface area (Å²) in [6.07, 6.45) is 0. The fourth-order valence-electron chi connectivity index (χ4n) is 8.23. The Bertz CT molecular complexity index is 2910. The van der Waals surface area contributed by atoms with E-state index in [9.17, 15) is 0 Å². The molecule has 0 saturated carbocycles. The number of aromatic nitrogens is 3. The molecule has 0 N–H and O–H groups in total. The van der Waals surface area contributed by atoms with Gasteiger partial charge >= 0.3 is 0 Å². The quantitative estimate of drug-likeness (QED) is 0.196. The van der Waals surface area contributed by atoms with Crippen LogP contribution < -0.4 is 0 Å². The van der Waals surface area contributed by atoms with Crippen LogP contribution >= 0.6 is 0 Å². The van der Waals surface area contributed by atoms with E-state index in [1.165, 1.54) is 44.2 Å². The molecule has 11 rings (SSSR count). The second-order valence-corrected chi connectivity index (χ2v) is 13.0. The Hall–Kier alpha value is -5.74. The first-order chi connectivity index (χ1) is 22.1. The Labute approximate surface area is 257 Å². The van der Waals surface area contributed by atoms with E-state index in [2.05, 4.69) is 103 Å². The highest BCUT2D eigenvalue weighted by Crippen LogP contribution is 2.50. The summed E-state index contributed by atoms with van der Waals surface area (Å²) in [5.41, 5.74) is 15.5. The maximum absolute atomic E-state index is 6.51. The molecule has 0 bridgehead atoms. The fourth-order valence-corrected chi connectivity index (χ4v) is 8.23. The van der Waals surface area contributed by atoms with Gasteiger partial charge in [0.25, 0.3) is 0 Å². The maximum Gasteiger partial charge on any atom is 0.165 e. The third kappa shape index (κ3) is 2.83. The van der Waals surface area contributed by atoms with Gasteiger partial charge in [-0.25, -0.2) is 9.97 Å². The lowest BCUT2D eigenvalue weighted by atomic mass is 9.82. The van der Waals surface area contributed by atoms with Gasteiger partial charge in [-0.05, 0) is 75.8 Å². The van der Waals surface area contributed by atoms with E-state index in [0.717, 1.165) is 60.6 Å². The SMILES string of the molecule is CC1(C)c2ccccc2-c2cc(-c3ccc4c(c3)c3c5c(cc6c7nc8ccccc8nc7n4c63)oc3ccccc35)ccc21. The molecule has 0 spiro atoms. The minimum Gasteiger partial charge on any atom is -0.456 e. The number of furan rings is 1. The molecule has 1 aliphatic rings. The molecule has 45 heavy (non-hydrogen) atoms. The van der Waals surface area contributed by atoms with Crippen molar-refractivity contribution in [2.45, 2.75) is 19.3 Å². The van der Waals surface area contributed by atoms with Gasteiger partial charge in [-0.1, -0.05) is 86.6 Å². The Morgan fingerprint density at radius 1 is 0.578 bits per heavy atom. The summed E-state index contributed by atoms with van der Waals surface area (Å²) in [7, 11) is 0. The van der Waals surface area contributed by atoms with Crippen LogP contribution in [0.15, 0.2) is 120 Å². The normalized spacial score (nSPS) is 14.2. The third-order valence-corrected chi connectivity index (χ3v) is 10.3. The Kier molecular flexibility index (Phi) is 4.13. The van der Waals surface area contributed by atoms with Crippen molar-refractivity contribution in [3.63, 3.8) is 0 Å². The predicted molar refractivity (Wildman–Crippen MR) is 184 cm³/mol. The molecular weight excluding hydrogens is 550 g/mol. The van der Waals surface area contributed by atoms with Crippen LogP contribution in [0.4, 0.5) is 0 Å². The van der Waals surface area contributed by atoms with Gasteiger partial charge < -0.3 is 4.42 Å². The van der Waals surface area contributed by atoms with Crippen LogP contribution in [0, 0.1) is 0 Å². The van der Waals surface area contributed by atoms with Crippen LogP contribution in [0.2, 0.25) is 0 Å². The molecule has 210 valence electrons. The average molecular weight is 576 g/mol. The molecule has 0 saturated heterocycles. The molecule has 1 aliphatic carbocycles. The smallest absolute Gasteiger partial charge is 0.165 e. The van der Waals surface area contributed by atoms with E-state index in [-0.39, 0.29) is 5.41 Å². The van der Waals surface area contributed by atoms with Crippen molar-refractivity contribution >= 4 is 71.3 Å². The van der Waals surface area contributed by atoms with Gasteiger partial charge in [0.05, 0.1) is 22.1 Å². The largest absolute Gasteiger partial charge is 0.456 e. The zero-order valence-corrected chi connectivity index (χ0v) is 24.7. The molecule has 0 unspecified atom stereocenters. The van der Waals surface area contributed by atoms with Crippen molar-refractivity contribution in [1.82, 2.24) is 14.4 Å². The number of hydrogen-bond donors (Lipinski definition) is 0. The lowest BCUT2D eigenvalue weighted by molar-refractivity contribution is 0.660. The lowest BCUT2D eigenvalue weighted by Gasteiger charge is -2.21. The Balaban J connectivity index is 1.27. The summed E-state index contributed by atoms with van der Waals surface area (Å²) < 4.78 is 8.83. The fraction of sp³-hybridized carbons (Fsp3) is 0.0732. The Morgan fingerprint density at radius 3 is 2.22 bits per heavy atom. The summed E-state index contributed by atoms with van der Waals surface area (Å²) in [6, 6.07) is 41.4.